The Bertz CT molecular complexity index is 1590. The van der Waals surface area contributed by atoms with Crippen LogP contribution in [0.25, 0.3) is 11.1 Å². The highest BCUT2D eigenvalue weighted by molar-refractivity contribution is 8.08. The van der Waals surface area contributed by atoms with Gasteiger partial charge in [-0.05, 0) is 24.6 Å². The molecule has 2 aromatic heterocycles. The summed E-state index contributed by atoms with van der Waals surface area (Å²) < 4.78 is 9.89. The van der Waals surface area contributed by atoms with E-state index in [0.29, 0.717) is 9.20 Å². The van der Waals surface area contributed by atoms with E-state index in [-0.39, 0.29) is 24.5 Å². The highest BCUT2D eigenvalue weighted by Gasteiger charge is 2.25. The standard InChI is InChI=1S/C26H24N3O3S3.ClH/c1-17-9-10-19-20(13-17)34-26(27(19)2)24-25(31)29(16-23(30)32-3)22(35-24)14-21-28(11-12-33-21)15-18-7-5-4-6-8-18;/h4-14H,15-16H2,1-3H3;1H/q+1;/p-1/b26-24+;. The van der Waals surface area contributed by atoms with Crippen LogP contribution in [0.2, 0.25) is 0 Å². The predicted molar refractivity (Wildman–Crippen MR) is 142 cm³/mol. The van der Waals surface area contributed by atoms with E-state index in [1.807, 2.05) is 42.9 Å². The zero-order chi connectivity index (χ0) is 24.5. The molecule has 0 N–H and O–H groups in total. The Morgan fingerprint density at radius 1 is 1.17 bits per heavy atom. The van der Waals surface area contributed by atoms with E-state index in [9.17, 15) is 9.59 Å². The molecule has 6 nitrogen and oxygen atoms in total. The Morgan fingerprint density at radius 3 is 2.69 bits per heavy atom. The molecule has 0 fully saturated rings. The van der Waals surface area contributed by atoms with Gasteiger partial charge in [0, 0.05) is 17.5 Å². The number of aromatic nitrogens is 2. The average Bonchev–Trinajstić information content (AvgIpc) is 3.51. The third-order valence-corrected chi connectivity index (χ3v) is 9.08. The fourth-order valence-electron chi connectivity index (χ4n) is 3.92. The summed E-state index contributed by atoms with van der Waals surface area (Å²) in [5.41, 5.74) is 3.26. The molecule has 0 saturated heterocycles. The number of hydrogen-bond acceptors (Lipinski definition) is 7. The summed E-state index contributed by atoms with van der Waals surface area (Å²) in [6, 6.07) is 16.5. The van der Waals surface area contributed by atoms with Crippen LogP contribution in [0.1, 0.15) is 16.1 Å². The molecule has 36 heavy (non-hydrogen) atoms. The smallest absolute Gasteiger partial charge is 0.325 e. The van der Waals surface area contributed by atoms with Crippen molar-refractivity contribution in [1.82, 2.24) is 4.57 Å². The second kappa shape index (κ2) is 11.0. The minimum Gasteiger partial charge on any atom is -1.00 e. The number of halogens is 1. The molecule has 4 aromatic rings. The van der Waals surface area contributed by atoms with Crippen LogP contribution in [0.3, 0.4) is 0 Å². The molecular formula is C26H24ClN3O3S3. The van der Waals surface area contributed by atoms with Crippen molar-refractivity contribution in [3.05, 3.63) is 95.8 Å². The molecule has 0 saturated carbocycles. The van der Waals surface area contributed by atoms with Gasteiger partial charge < -0.3 is 22.0 Å². The number of thiazole rings is 2. The molecule has 0 spiro atoms. The lowest BCUT2D eigenvalue weighted by Gasteiger charge is -2.12. The van der Waals surface area contributed by atoms with Gasteiger partial charge in [0.1, 0.15) is 20.8 Å². The zero-order valence-electron chi connectivity index (χ0n) is 19.9. The second-order valence-electron chi connectivity index (χ2n) is 8.17. The number of fused-ring (bicyclic) bond motifs is 1. The fourth-order valence-corrected chi connectivity index (χ4v) is 7.27. The monoisotopic (exact) mass is 557 g/mol. The predicted octanol–water partition coefficient (Wildman–Crippen LogP) is -0.0709. The first-order valence-electron chi connectivity index (χ1n) is 11.0. The summed E-state index contributed by atoms with van der Waals surface area (Å²) in [6.07, 6.45) is 4.03. The van der Waals surface area contributed by atoms with E-state index in [1.54, 1.807) is 23.1 Å². The van der Waals surface area contributed by atoms with E-state index < -0.39 is 5.97 Å². The van der Waals surface area contributed by atoms with Crippen LogP contribution in [0.4, 0.5) is 5.69 Å². The normalized spacial score (nSPS) is 14.5. The van der Waals surface area contributed by atoms with E-state index in [2.05, 4.69) is 46.7 Å². The number of aryl methyl sites for hydroxylation is 1. The van der Waals surface area contributed by atoms with Crippen LogP contribution in [0.5, 0.6) is 0 Å². The van der Waals surface area contributed by atoms with E-state index in [0.717, 1.165) is 27.2 Å². The molecule has 0 aliphatic carbocycles. The number of esters is 1. The van der Waals surface area contributed by atoms with Crippen LogP contribution < -0.4 is 36.6 Å². The largest absolute Gasteiger partial charge is 1.00 e. The number of rotatable bonds is 5. The van der Waals surface area contributed by atoms with E-state index >= 15 is 0 Å². The number of carbonyl (C=O) groups excluding carboxylic acids is 1. The molecule has 3 heterocycles. The summed E-state index contributed by atoms with van der Waals surface area (Å²) in [5.74, 6) is -0.453. The van der Waals surface area contributed by atoms with Gasteiger partial charge in [-0.15, -0.1) is 11.3 Å². The first-order valence-corrected chi connectivity index (χ1v) is 13.5. The summed E-state index contributed by atoms with van der Waals surface area (Å²) in [5, 5.41) is 3.90. The molecule has 1 aliphatic rings. The Kier molecular flexibility index (Phi) is 8.04. The van der Waals surface area contributed by atoms with Crippen LogP contribution in [-0.4, -0.2) is 24.7 Å². The lowest BCUT2D eigenvalue weighted by molar-refractivity contribution is -0.685. The highest BCUT2D eigenvalue weighted by atomic mass is 35.5. The Balaban J connectivity index is 0.00000304. The number of methoxy groups -OCH3 is 1. The van der Waals surface area contributed by atoms with Crippen molar-refractivity contribution in [3.63, 3.8) is 0 Å². The van der Waals surface area contributed by atoms with Gasteiger partial charge in [0.05, 0.1) is 24.3 Å². The lowest BCUT2D eigenvalue weighted by atomic mass is 10.2. The van der Waals surface area contributed by atoms with Crippen molar-refractivity contribution < 1.29 is 26.5 Å². The third-order valence-electron chi connectivity index (χ3n) is 5.76. The fraction of sp³-hybridized carbons (Fsp3) is 0.192. The minimum absolute atomic E-state index is 0. The van der Waals surface area contributed by atoms with Crippen molar-refractivity contribution in [2.45, 2.75) is 24.9 Å². The third kappa shape index (κ3) is 5.15. The van der Waals surface area contributed by atoms with Gasteiger partial charge in [-0.1, -0.05) is 59.5 Å². The van der Waals surface area contributed by atoms with E-state index in [4.69, 9.17) is 4.74 Å². The molecule has 1 aliphatic heterocycles. The number of anilines is 1. The molecule has 10 heteroatoms. The van der Waals surface area contributed by atoms with Gasteiger partial charge in [-0.2, -0.15) is 4.57 Å². The van der Waals surface area contributed by atoms with Gasteiger partial charge in [-0.25, -0.2) is 0 Å². The van der Waals surface area contributed by atoms with Crippen molar-refractivity contribution in [2.75, 3.05) is 19.1 Å². The van der Waals surface area contributed by atoms with E-state index in [1.165, 1.54) is 34.1 Å². The summed E-state index contributed by atoms with van der Waals surface area (Å²) >= 11 is 4.60. The lowest BCUT2D eigenvalue weighted by Crippen LogP contribution is -3.00. The van der Waals surface area contributed by atoms with Crippen molar-refractivity contribution in [3.8, 4) is 0 Å². The maximum Gasteiger partial charge on any atom is 0.325 e. The van der Waals surface area contributed by atoms with Crippen LogP contribution in [0, 0.1) is 6.92 Å². The summed E-state index contributed by atoms with van der Waals surface area (Å²) in [7, 11) is 3.31. The SMILES string of the molecule is COC(=O)Cn1c(=O)/c(=C2\Sc3cc(C)ccc3N2C)s/c1=C\c1scc[n+]1Cc1ccccc1.[Cl-]. The molecule has 0 bridgehead atoms. The molecular weight excluding hydrogens is 534 g/mol. The Labute approximate surface area is 227 Å². The molecule has 2 aromatic carbocycles. The van der Waals surface area contributed by atoms with Gasteiger partial charge >= 0.3 is 5.97 Å². The molecule has 5 rings (SSSR count). The van der Waals surface area contributed by atoms with Crippen molar-refractivity contribution >= 4 is 57.2 Å². The number of nitrogens with zero attached hydrogens (tertiary/aromatic N) is 3. The number of ether oxygens (including phenoxy) is 1. The summed E-state index contributed by atoms with van der Waals surface area (Å²) in [6.45, 7) is 2.65. The zero-order valence-corrected chi connectivity index (χ0v) is 23.1. The first-order chi connectivity index (χ1) is 16.9. The quantitative estimate of drug-likeness (QED) is 0.254. The number of hydrogen-bond donors (Lipinski definition) is 0. The molecule has 0 atom stereocenters. The first kappa shape index (κ1) is 26.2. The Morgan fingerprint density at radius 2 is 1.94 bits per heavy atom. The highest BCUT2D eigenvalue weighted by Crippen LogP contribution is 2.45. The number of thioether (sulfide) groups is 1. The Hall–Kier alpha value is -2.85. The molecule has 0 unspecified atom stereocenters. The maximum atomic E-state index is 13.6. The molecule has 186 valence electrons. The topological polar surface area (TPSA) is 55.4 Å². The van der Waals surface area contributed by atoms with Crippen LogP contribution in [0.15, 0.2) is 69.8 Å². The molecule has 0 amide bonds. The van der Waals surface area contributed by atoms with Crippen LogP contribution in [-0.2, 0) is 22.6 Å². The van der Waals surface area contributed by atoms with Crippen molar-refractivity contribution in [2.24, 2.45) is 0 Å². The van der Waals surface area contributed by atoms with Gasteiger partial charge in [-0.3, -0.25) is 14.2 Å². The summed E-state index contributed by atoms with van der Waals surface area (Å²) in [4.78, 5) is 28.9. The van der Waals surface area contributed by atoms with Crippen molar-refractivity contribution in [1.29, 1.82) is 0 Å². The minimum atomic E-state index is -0.453. The van der Waals surface area contributed by atoms with Gasteiger partial charge in [0.15, 0.2) is 12.7 Å². The van der Waals surface area contributed by atoms with Gasteiger partial charge in [0.2, 0.25) is 0 Å². The maximum absolute atomic E-state index is 13.6. The van der Waals surface area contributed by atoms with Gasteiger partial charge in [0.25, 0.3) is 10.6 Å². The molecule has 0 radical (unpaired) electrons. The number of carbonyl (C=O) groups is 1. The number of benzene rings is 2. The second-order valence-corrected chi connectivity index (χ2v) is 11.2. The van der Waals surface area contributed by atoms with Crippen LogP contribution >= 0.6 is 34.4 Å². The average molecular weight is 558 g/mol.